The van der Waals surface area contributed by atoms with E-state index >= 15 is 0 Å². The van der Waals surface area contributed by atoms with Gasteiger partial charge in [0.25, 0.3) is 5.76 Å². The third-order valence-electron chi connectivity index (χ3n) is 6.20. The minimum atomic E-state index is -4.98. The molecule has 1 aliphatic heterocycles. The highest BCUT2D eigenvalue weighted by Crippen LogP contribution is 2.40. The molecule has 1 saturated heterocycles. The molecular formula is C25H27F3N2O4. The molecule has 1 aliphatic rings. The van der Waals surface area contributed by atoms with E-state index in [1.807, 2.05) is 4.90 Å². The summed E-state index contributed by atoms with van der Waals surface area (Å²) in [6.45, 7) is 9.60. The molecular weight excluding hydrogens is 449 g/mol. The normalized spacial score (nSPS) is 15.7. The van der Waals surface area contributed by atoms with Crippen LogP contribution >= 0.6 is 0 Å². The number of alkyl halides is 3. The van der Waals surface area contributed by atoms with Crippen LogP contribution in [0.4, 0.5) is 13.2 Å². The van der Waals surface area contributed by atoms with Gasteiger partial charge in [0, 0.05) is 32.7 Å². The van der Waals surface area contributed by atoms with Crippen LogP contribution in [0.15, 0.2) is 39.5 Å². The molecule has 0 unspecified atom stereocenters. The van der Waals surface area contributed by atoms with Gasteiger partial charge in [0.05, 0.1) is 10.9 Å². The predicted molar refractivity (Wildman–Crippen MR) is 123 cm³/mol. The van der Waals surface area contributed by atoms with E-state index in [4.69, 9.17) is 9.15 Å². The van der Waals surface area contributed by atoms with Gasteiger partial charge in [-0.1, -0.05) is 19.1 Å². The van der Waals surface area contributed by atoms with Gasteiger partial charge in [0.2, 0.25) is 11.2 Å². The van der Waals surface area contributed by atoms with Crippen molar-refractivity contribution in [3.8, 4) is 17.2 Å². The molecule has 182 valence electrons. The van der Waals surface area contributed by atoms with Crippen LogP contribution in [0.3, 0.4) is 0 Å². The third kappa shape index (κ3) is 4.76. The van der Waals surface area contributed by atoms with Crippen molar-refractivity contribution >= 4 is 11.0 Å². The van der Waals surface area contributed by atoms with Gasteiger partial charge in [0.1, 0.15) is 17.1 Å². The molecule has 2 heterocycles. The minimum absolute atomic E-state index is 0.0756. The summed E-state index contributed by atoms with van der Waals surface area (Å²) >= 11 is 0. The van der Waals surface area contributed by atoms with Crippen LogP contribution < -0.4 is 10.2 Å². The lowest BCUT2D eigenvalue weighted by Gasteiger charge is -2.34. The number of benzene rings is 2. The van der Waals surface area contributed by atoms with Crippen LogP contribution in [0.1, 0.15) is 29.4 Å². The van der Waals surface area contributed by atoms with Gasteiger partial charge >= 0.3 is 6.18 Å². The maximum absolute atomic E-state index is 14.0. The van der Waals surface area contributed by atoms with Crippen molar-refractivity contribution in [2.24, 2.45) is 0 Å². The molecule has 0 bridgehead atoms. The standard InChI is InChI=1S/C25H27F3N2O4/c1-4-29-9-11-30(12-10-29)14-18-19(31)8-7-17-21(32)23(24(25(26,27)28)34-22(17)18)33-20-13-15(2)5-6-16(20)3/h5-8,13,31H,4,9-12,14H2,1-3H3. The molecule has 1 N–H and O–H groups in total. The first kappa shape index (κ1) is 24.1. The lowest BCUT2D eigenvalue weighted by molar-refractivity contribution is -0.154. The second-order valence-electron chi connectivity index (χ2n) is 8.61. The smallest absolute Gasteiger partial charge is 0.453 e. The fourth-order valence-electron chi connectivity index (χ4n) is 4.13. The van der Waals surface area contributed by atoms with Gasteiger partial charge in [-0.25, -0.2) is 0 Å². The summed E-state index contributed by atoms with van der Waals surface area (Å²) in [7, 11) is 0. The van der Waals surface area contributed by atoms with Crippen LogP contribution in [-0.2, 0) is 12.7 Å². The number of ether oxygens (including phenoxy) is 1. The van der Waals surface area contributed by atoms with Crippen molar-refractivity contribution < 1.29 is 27.4 Å². The maximum Gasteiger partial charge on any atom is 0.453 e. The van der Waals surface area contributed by atoms with Crippen molar-refractivity contribution in [3.63, 3.8) is 0 Å². The Bertz CT molecular complexity index is 1260. The number of hydrogen-bond acceptors (Lipinski definition) is 6. The van der Waals surface area contributed by atoms with E-state index in [1.165, 1.54) is 12.1 Å². The molecule has 9 heteroatoms. The lowest BCUT2D eigenvalue weighted by Crippen LogP contribution is -2.45. The fourth-order valence-corrected chi connectivity index (χ4v) is 4.13. The Labute approximate surface area is 195 Å². The number of fused-ring (bicyclic) bond motifs is 1. The number of hydrogen-bond donors (Lipinski definition) is 1. The number of aryl methyl sites for hydroxylation is 2. The van der Waals surface area contributed by atoms with Gasteiger partial charge in [-0.2, -0.15) is 13.2 Å². The lowest BCUT2D eigenvalue weighted by atomic mass is 10.1. The topological polar surface area (TPSA) is 66.2 Å². The first-order valence-corrected chi connectivity index (χ1v) is 11.2. The van der Waals surface area contributed by atoms with Crippen LogP contribution in [0.5, 0.6) is 17.2 Å². The largest absolute Gasteiger partial charge is 0.507 e. The quantitative estimate of drug-likeness (QED) is 0.555. The predicted octanol–water partition coefficient (Wildman–Crippen LogP) is 5.06. The molecule has 34 heavy (non-hydrogen) atoms. The van der Waals surface area contributed by atoms with E-state index in [0.717, 1.165) is 25.2 Å². The molecule has 0 amide bonds. The first-order chi connectivity index (χ1) is 16.1. The zero-order chi connectivity index (χ0) is 24.6. The molecule has 1 aromatic heterocycles. The first-order valence-electron chi connectivity index (χ1n) is 11.2. The molecule has 3 aromatic rings. The highest BCUT2D eigenvalue weighted by atomic mass is 19.4. The second-order valence-corrected chi connectivity index (χ2v) is 8.61. The molecule has 0 saturated carbocycles. The number of phenols is 1. The third-order valence-corrected chi connectivity index (χ3v) is 6.20. The van der Waals surface area contributed by atoms with E-state index < -0.39 is 23.1 Å². The number of likely N-dealkylation sites (N-methyl/N-ethyl adjacent to an activating group) is 1. The zero-order valence-corrected chi connectivity index (χ0v) is 19.3. The summed E-state index contributed by atoms with van der Waals surface area (Å²) in [5, 5.41) is 10.4. The molecule has 0 atom stereocenters. The highest BCUT2D eigenvalue weighted by Gasteiger charge is 2.41. The van der Waals surface area contributed by atoms with Crippen LogP contribution in [0.25, 0.3) is 11.0 Å². The Balaban J connectivity index is 1.83. The van der Waals surface area contributed by atoms with E-state index in [9.17, 15) is 23.1 Å². The second kappa shape index (κ2) is 9.31. The molecule has 0 radical (unpaired) electrons. The Hall–Kier alpha value is -3.04. The van der Waals surface area contributed by atoms with Crippen molar-refractivity contribution in [2.45, 2.75) is 33.5 Å². The Morgan fingerprint density at radius 2 is 1.74 bits per heavy atom. The Kier molecular flexibility index (Phi) is 6.60. The summed E-state index contributed by atoms with van der Waals surface area (Å²) in [6, 6.07) is 7.65. The van der Waals surface area contributed by atoms with E-state index in [2.05, 4.69) is 11.8 Å². The zero-order valence-electron chi connectivity index (χ0n) is 19.3. The number of rotatable bonds is 5. The molecule has 0 spiro atoms. The van der Waals surface area contributed by atoms with Crippen molar-refractivity contribution in [1.29, 1.82) is 0 Å². The fraction of sp³-hybridized carbons (Fsp3) is 0.400. The van der Waals surface area contributed by atoms with E-state index in [-0.39, 0.29) is 34.6 Å². The monoisotopic (exact) mass is 476 g/mol. The average molecular weight is 476 g/mol. The average Bonchev–Trinajstić information content (AvgIpc) is 2.79. The van der Waals surface area contributed by atoms with Crippen molar-refractivity contribution in [1.82, 2.24) is 9.80 Å². The molecule has 1 fully saturated rings. The molecule has 2 aromatic carbocycles. The van der Waals surface area contributed by atoms with Gasteiger partial charge in [-0.05, 0) is 49.7 Å². The Morgan fingerprint density at radius 3 is 2.38 bits per heavy atom. The molecule has 0 aliphatic carbocycles. The van der Waals surface area contributed by atoms with Crippen LogP contribution in [0.2, 0.25) is 0 Å². The van der Waals surface area contributed by atoms with Gasteiger partial charge in [0.15, 0.2) is 0 Å². The molecule has 6 nitrogen and oxygen atoms in total. The van der Waals surface area contributed by atoms with E-state index in [0.29, 0.717) is 18.7 Å². The number of phenolic OH excluding ortho intramolecular Hbond substituents is 1. The van der Waals surface area contributed by atoms with Crippen LogP contribution in [-0.4, -0.2) is 47.6 Å². The van der Waals surface area contributed by atoms with Gasteiger partial charge in [-0.3, -0.25) is 9.69 Å². The number of halogens is 3. The van der Waals surface area contributed by atoms with Crippen molar-refractivity contribution in [3.05, 3.63) is 63.0 Å². The highest BCUT2D eigenvalue weighted by molar-refractivity contribution is 5.83. The van der Waals surface area contributed by atoms with Crippen molar-refractivity contribution in [2.75, 3.05) is 32.7 Å². The summed E-state index contributed by atoms with van der Waals surface area (Å²) in [5.41, 5.74) is 0.295. The van der Waals surface area contributed by atoms with Gasteiger partial charge < -0.3 is 19.2 Å². The Morgan fingerprint density at radius 1 is 1.06 bits per heavy atom. The number of piperazine rings is 1. The van der Waals surface area contributed by atoms with Crippen LogP contribution in [0, 0.1) is 13.8 Å². The van der Waals surface area contributed by atoms with Gasteiger partial charge in [-0.15, -0.1) is 0 Å². The summed E-state index contributed by atoms with van der Waals surface area (Å²) in [5.74, 6) is -2.51. The molecule has 4 rings (SSSR count). The minimum Gasteiger partial charge on any atom is -0.507 e. The number of nitrogens with zero attached hydrogens (tertiary/aromatic N) is 2. The summed E-state index contributed by atoms with van der Waals surface area (Å²) in [6.07, 6.45) is -4.98. The van der Waals surface area contributed by atoms with E-state index in [1.54, 1.807) is 32.0 Å². The summed E-state index contributed by atoms with van der Waals surface area (Å²) < 4.78 is 52.9. The summed E-state index contributed by atoms with van der Waals surface area (Å²) in [4.78, 5) is 17.5. The maximum atomic E-state index is 14.0. The SMILES string of the molecule is CCN1CCN(Cc2c(O)ccc3c(=O)c(Oc4cc(C)ccc4C)c(C(F)(F)F)oc23)CC1. The number of aromatic hydroxyl groups is 1.